The minimum Gasteiger partial charge on any atom is -0.501 e. The number of rotatable bonds is 5. The van der Waals surface area contributed by atoms with E-state index in [1.807, 2.05) is 0 Å². The number of carbonyl (C=O) groups excluding carboxylic acids is 1. The molecule has 0 saturated heterocycles. The molecule has 0 aliphatic carbocycles. The summed E-state index contributed by atoms with van der Waals surface area (Å²) in [4.78, 5) is 38.6. The monoisotopic (exact) mass is 372 g/mol. The Hall–Kier alpha value is -3.47. The molecule has 3 rings (SSSR count). The molecule has 27 heavy (non-hydrogen) atoms. The Morgan fingerprint density at radius 1 is 1.41 bits per heavy atom. The van der Waals surface area contributed by atoms with Gasteiger partial charge in [-0.3, -0.25) is 9.59 Å². The number of H-pyrrole nitrogens is 1. The number of nitrogens with zero attached hydrogens (tertiary/aromatic N) is 4. The maximum absolute atomic E-state index is 12.4. The van der Waals surface area contributed by atoms with Crippen molar-refractivity contribution in [1.29, 1.82) is 0 Å². The number of nitrogens with one attached hydrogen (secondary N) is 2. The van der Waals surface area contributed by atoms with E-state index in [1.54, 1.807) is 30.7 Å². The van der Waals surface area contributed by atoms with Crippen LogP contribution in [0.25, 0.3) is 11.0 Å². The standard InChI is InChI=1S/C16H20N8O3/c1-16(2,18)15-22-9(10(25)14(27)23-15)13(26)19-4-6-24-5-3-8-11(17)20-7-21-12(8)24/h3,5,7,25H,4,6,18H2,1-2H3,(H,19,26)(H2,17,20,21)(H,22,23,27). The molecule has 0 atom stereocenters. The highest BCUT2D eigenvalue weighted by Gasteiger charge is 2.23. The van der Waals surface area contributed by atoms with Crippen molar-refractivity contribution in [1.82, 2.24) is 29.8 Å². The number of aromatic amines is 1. The third-order valence-corrected chi connectivity index (χ3v) is 3.95. The molecule has 0 spiro atoms. The Bertz CT molecular complexity index is 1060. The first-order valence-corrected chi connectivity index (χ1v) is 8.14. The number of nitrogen functional groups attached to an aromatic ring is 1. The third kappa shape index (κ3) is 3.58. The van der Waals surface area contributed by atoms with Crippen LogP contribution < -0.4 is 22.3 Å². The van der Waals surface area contributed by atoms with Crippen molar-refractivity contribution < 1.29 is 9.90 Å². The Labute approximate surface area is 153 Å². The molecular formula is C16H20N8O3. The van der Waals surface area contributed by atoms with Crippen LogP contribution in [0.5, 0.6) is 5.75 Å². The molecule has 11 heteroatoms. The molecule has 3 heterocycles. The van der Waals surface area contributed by atoms with Gasteiger partial charge in [0, 0.05) is 19.3 Å². The first kappa shape index (κ1) is 18.3. The van der Waals surface area contributed by atoms with Gasteiger partial charge in [0.05, 0.1) is 10.9 Å². The van der Waals surface area contributed by atoms with Gasteiger partial charge in [0.1, 0.15) is 23.6 Å². The lowest BCUT2D eigenvalue weighted by Crippen LogP contribution is -2.36. The molecule has 0 unspecified atom stereocenters. The maximum atomic E-state index is 12.4. The van der Waals surface area contributed by atoms with Crippen LogP contribution in [0.2, 0.25) is 0 Å². The van der Waals surface area contributed by atoms with Gasteiger partial charge in [-0.1, -0.05) is 0 Å². The zero-order chi connectivity index (χ0) is 19.8. The molecule has 0 aliphatic rings. The normalized spacial score (nSPS) is 11.7. The van der Waals surface area contributed by atoms with Crippen LogP contribution in [0.3, 0.4) is 0 Å². The van der Waals surface area contributed by atoms with Gasteiger partial charge in [0.2, 0.25) is 5.75 Å². The van der Waals surface area contributed by atoms with E-state index in [0.29, 0.717) is 23.4 Å². The summed E-state index contributed by atoms with van der Waals surface area (Å²) in [5, 5.41) is 13.2. The highest BCUT2D eigenvalue weighted by atomic mass is 16.3. The van der Waals surface area contributed by atoms with Crippen LogP contribution in [0, 0.1) is 0 Å². The zero-order valence-electron chi connectivity index (χ0n) is 14.9. The Morgan fingerprint density at radius 2 is 2.15 bits per heavy atom. The number of aromatic hydroxyl groups is 1. The van der Waals surface area contributed by atoms with Crippen molar-refractivity contribution >= 4 is 22.8 Å². The lowest BCUT2D eigenvalue weighted by Gasteiger charge is -2.18. The van der Waals surface area contributed by atoms with E-state index >= 15 is 0 Å². The van der Waals surface area contributed by atoms with Crippen LogP contribution in [0.1, 0.15) is 30.2 Å². The molecule has 3 aromatic heterocycles. The van der Waals surface area contributed by atoms with Crippen LogP contribution in [0.15, 0.2) is 23.4 Å². The number of nitrogens with two attached hydrogens (primary N) is 2. The molecule has 3 aromatic rings. The van der Waals surface area contributed by atoms with Gasteiger partial charge in [-0.05, 0) is 19.9 Å². The lowest BCUT2D eigenvalue weighted by atomic mass is 10.1. The van der Waals surface area contributed by atoms with Crippen molar-refractivity contribution in [2.75, 3.05) is 12.3 Å². The number of hydrogen-bond donors (Lipinski definition) is 5. The van der Waals surface area contributed by atoms with E-state index in [1.165, 1.54) is 6.33 Å². The van der Waals surface area contributed by atoms with Crippen molar-refractivity contribution in [2.45, 2.75) is 25.9 Å². The van der Waals surface area contributed by atoms with Gasteiger partial charge in [0.15, 0.2) is 5.69 Å². The van der Waals surface area contributed by atoms with Gasteiger partial charge in [-0.15, -0.1) is 0 Å². The molecule has 0 bridgehead atoms. The summed E-state index contributed by atoms with van der Waals surface area (Å²) < 4.78 is 1.80. The van der Waals surface area contributed by atoms with Crippen molar-refractivity contribution in [2.24, 2.45) is 5.73 Å². The van der Waals surface area contributed by atoms with Gasteiger partial charge >= 0.3 is 0 Å². The molecular weight excluding hydrogens is 352 g/mol. The summed E-state index contributed by atoms with van der Waals surface area (Å²) in [6.45, 7) is 3.84. The van der Waals surface area contributed by atoms with Crippen LogP contribution in [0.4, 0.5) is 5.82 Å². The number of anilines is 1. The molecule has 0 aliphatic heterocycles. The topological polar surface area (TPSA) is 178 Å². The summed E-state index contributed by atoms with van der Waals surface area (Å²) in [5.41, 5.74) is 10.1. The summed E-state index contributed by atoms with van der Waals surface area (Å²) in [5.74, 6) is -0.974. The third-order valence-electron chi connectivity index (χ3n) is 3.95. The van der Waals surface area contributed by atoms with E-state index in [4.69, 9.17) is 11.5 Å². The molecule has 0 aromatic carbocycles. The van der Waals surface area contributed by atoms with Crippen LogP contribution in [-0.4, -0.2) is 42.1 Å². The second kappa shape index (κ2) is 6.68. The summed E-state index contributed by atoms with van der Waals surface area (Å²) in [6.07, 6.45) is 3.14. The highest BCUT2D eigenvalue weighted by Crippen LogP contribution is 2.17. The van der Waals surface area contributed by atoms with Gasteiger partial charge in [-0.25, -0.2) is 15.0 Å². The molecule has 1 amide bonds. The van der Waals surface area contributed by atoms with Gasteiger partial charge in [0.25, 0.3) is 11.5 Å². The number of aromatic nitrogens is 5. The molecule has 11 nitrogen and oxygen atoms in total. The predicted molar refractivity (Wildman–Crippen MR) is 98.0 cm³/mol. The van der Waals surface area contributed by atoms with Crippen LogP contribution >= 0.6 is 0 Å². The summed E-state index contributed by atoms with van der Waals surface area (Å²) in [6, 6.07) is 1.78. The first-order chi connectivity index (χ1) is 12.7. The maximum Gasteiger partial charge on any atom is 0.293 e. The van der Waals surface area contributed by atoms with E-state index in [0.717, 1.165) is 0 Å². The molecule has 142 valence electrons. The Balaban J connectivity index is 1.75. The average molecular weight is 372 g/mol. The predicted octanol–water partition coefficient (Wildman–Crippen LogP) is -0.574. The highest BCUT2D eigenvalue weighted by molar-refractivity contribution is 5.94. The zero-order valence-corrected chi connectivity index (χ0v) is 14.9. The van der Waals surface area contributed by atoms with Gasteiger partial charge in [-0.2, -0.15) is 0 Å². The fraction of sp³-hybridized carbons (Fsp3) is 0.312. The summed E-state index contributed by atoms with van der Waals surface area (Å²) >= 11 is 0. The fourth-order valence-corrected chi connectivity index (χ4v) is 2.51. The molecule has 7 N–H and O–H groups in total. The van der Waals surface area contributed by atoms with Crippen LogP contribution in [-0.2, 0) is 12.1 Å². The molecule has 0 fully saturated rings. The first-order valence-electron chi connectivity index (χ1n) is 8.14. The number of amides is 1. The second-order valence-corrected chi connectivity index (χ2v) is 6.59. The Morgan fingerprint density at radius 3 is 2.85 bits per heavy atom. The SMILES string of the molecule is CC(C)(N)c1nc(C(=O)NCCn2ccc3c(N)ncnc32)c(O)c(=O)[nH]1. The van der Waals surface area contributed by atoms with Crippen molar-refractivity contribution in [3.05, 3.63) is 40.5 Å². The van der Waals surface area contributed by atoms with Gasteiger partial charge < -0.3 is 31.4 Å². The molecule has 0 radical (unpaired) electrons. The van der Waals surface area contributed by atoms with Crippen molar-refractivity contribution in [3.8, 4) is 5.75 Å². The largest absolute Gasteiger partial charge is 0.501 e. The second-order valence-electron chi connectivity index (χ2n) is 6.59. The molecule has 0 saturated carbocycles. The van der Waals surface area contributed by atoms with E-state index in [2.05, 4.69) is 25.3 Å². The number of carbonyl (C=O) groups is 1. The quantitative estimate of drug-likeness (QED) is 0.395. The minimum atomic E-state index is -0.981. The van der Waals surface area contributed by atoms with E-state index in [9.17, 15) is 14.7 Å². The minimum absolute atomic E-state index is 0.0963. The smallest absolute Gasteiger partial charge is 0.293 e. The lowest BCUT2D eigenvalue weighted by molar-refractivity contribution is 0.0943. The van der Waals surface area contributed by atoms with Crippen molar-refractivity contribution in [3.63, 3.8) is 0 Å². The average Bonchev–Trinajstić information content (AvgIpc) is 3.00. The number of hydrogen-bond acceptors (Lipinski definition) is 8. The van der Waals surface area contributed by atoms with E-state index < -0.39 is 22.8 Å². The summed E-state index contributed by atoms with van der Waals surface area (Å²) in [7, 11) is 0. The number of fused-ring (bicyclic) bond motifs is 1. The Kier molecular flexibility index (Phi) is 4.54. The van der Waals surface area contributed by atoms with E-state index in [-0.39, 0.29) is 18.1 Å². The fourth-order valence-electron chi connectivity index (χ4n) is 2.51.